The molecule has 0 saturated carbocycles. The van der Waals surface area contributed by atoms with E-state index in [1.807, 2.05) is 24.4 Å². The quantitative estimate of drug-likeness (QED) is 0.190. The van der Waals surface area contributed by atoms with E-state index in [4.69, 9.17) is 9.97 Å². The zero-order valence-electron chi connectivity index (χ0n) is 26.0. The van der Waals surface area contributed by atoms with E-state index in [0.717, 1.165) is 61.6 Å². The number of hydrogen-bond donors (Lipinski definition) is 0. The molecule has 3 nitrogen and oxygen atoms in total. The number of nitrogens with zero attached hydrogens (tertiary/aromatic N) is 3. The Morgan fingerprint density at radius 3 is 1.68 bits per heavy atom. The van der Waals surface area contributed by atoms with Gasteiger partial charge in [0.05, 0.1) is 11.4 Å². The molecule has 0 aliphatic carbocycles. The second kappa shape index (κ2) is 12.3. The van der Waals surface area contributed by atoms with Crippen molar-refractivity contribution in [2.45, 2.75) is 6.92 Å². The maximum absolute atomic E-state index is 5.19. The summed E-state index contributed by atoms with van der Waals surface area (Å²) in [6.07, 6.45) is 1.84. The Morgan fingerprint density at radius 2 is 0.936 bits per heavy atom. The zero-order valence-corrected chi connectivity index (χ0v) is 26.0. The standard InChI is InChI=1S/C44H31N3/c1-30-39(23-12-24-45-30)35-20-10-19-34(25-35)36-26-37(41-22-11-18-31-13-8-9-21-40(31)41)28-38(27-36)44-46-42(32-14-4-2-5-15-32)29-43(47-44)33-16-6-3-7-17-33/h2-29H,1H3. The second-order valence-corrected chi connectivity index (χ2v) is 11.7. The Hall–Kier alpha value is -6.19. The number of rotatable bonds is 6. The third-order valence-electron chi connectivity index (χ3n) is 8.67. The summed E-state index contributed by atoms with van der Waals surface area (Å²) >= 11 is 0. The van der Waals surface area contributed by atoms with Gasteiger partial charge in [-0.1, -0.05) is 127 Å². The lowest BCUT2D eigenvalue weighted by molar-refractivity contribution is 1.18. The molecule has 0 aliphatic rings. The molecule has 0 saturated heterocycles. The lowest BCUT2D eigenvalue weighted by Crippen LogP contribution is -1.97. The summed E-state index contributed by atoms with van der Waals surface area (Å²) in [5, 5.41) is 2.42. The number of aryl methyl sites for hydroxylation is 1. The predicted molar refractivity (Wildman–Crippen MR) is 195 cm³/mol. The summed E-state index contributed by atoms with van der Waals surface area (Å²) in [6.45, 7) is 2.06. The fourth-order valence-electron chi connectivity index (χ4n) is 6.30. The summed E-state index contributed by atoms with van der Waals surface area (Å²) in [5.74, 6) is 0.688. The van der Waals surface area contributed by atoms with Crippen LogP contribution in [0.1, 0.15) is 5.69 Å². The van der Waals surface area contributed by atoms with E-state index in [1.165, 1.54) is 16.3 Å². The van der Waals surface area contributed by atoms with Gasteiger partial charge < -0.3 is 0 Å². The van der Waals surface area contributed by atoms with Crippen LogP contribution in [0.5, 0.6) is 0 Å². The summed E-state index contributed by atoms with van der Waals surface area (Å²) in [7, 11) is 0. The summed E-state index contributed by atoms with van der Waals surface area (Å²) < 4.78 is 0. The van der Waals surface area contributed by atoms with Crippen LogP contribution < -0.4 is 0 Å². The minimum Gasteiger partial charge on any atom is -0.261 e. The van der Waals surface area contributed by atoms with Crippen LogP contribution >= 0.6 is 0 Å². The van der Waals surface area contributed by atoms with Gasteiger partial charge in [-0.25, -0.2) is 9.97 Å². The molecule has 3 heteroatoms. The van der Waals surface area contributed by atoms with Crippen molar-refractivity contribution in [2.75, 3.05) is 0 Å². The highest BCUT2D eigenvalue weighted by molar-refractivity contribution is 5.98. The Bertz CT molecular complexity index is 2300. The van der Waals surface area contributed by atoms with Gasteiger partial charge in [0, 0.05) is 34.1 Å². The predicted octanol–water partition coefficient (Wildman–Crippen LogP) is 11.3. The van der Waals surface area contributed by atoms with Gasteiger partial charge in [-0.15, -0.1) is 0 Å². The van der Waals surface area contributed by atoms with Crippen LogP contribution in [0.3, 0.4) is 0 Å². The van der Waals surface area contributed by atoms with Crippen molar-refractivity contribution in [1.29, 1.82) is 0 Å². The molecular weight excluding hydrogens is 571 g/mol. The van der Waals surface area contributed by atoms with Crippen molar-refractivity contribution in [3.63, 3.8) is 0 Å². The summed E-state index contributed by atoms with van der Waals surface area (Å²) in [4.78, 5) is 14.9. The highest BCUT2D eigenvalue weighted by atomic mass is 14.9. The van der Waals surface area contributed by atoms with Gasteiger partial charge in [-0.2, -0.15) is 0 Å². The average Bonchev–Trinajstić information content (AvgIpc) is 3.15. The molecule has 0 bridgehead atoms. The molecule has 0 aliphatic heterocycles. The van der Waals surface area contributed by atoms with Gasteiger partial charge in [0.1, 0.15) is 0 Å². The van der Waals surface area contributed by atoms with Crippen molar-refractivity contribution in [3.8, 4) is 67.3 Å². The fraction of sp³-hybridized carbons (Fsp3) is 0.0227. The first-order valence-electron chi connectivity index (χ1n) is 15.9. The second-order valence-electron chi connectivity index (χ2n) is 11.7. The normalized spacial score (nSPS) is 11.1. The van der Waals surface area contributed by atoms with E-state index in [9.17, 15) is 0 Å². The molecule has 2 heterocycles. The number of hydrogen-bond acceptors (Lipinski definition) is 3. The smallest absolute Gasteiger partial charge is 0.160 e. The van der Waals surface area contributed by atoms with E-state index in [-0.39, 0.29) is 0 Å². The Morgan fingerprint density at radius 1 is 0.383 bits per heavy atom. The third-order valence-corrected chi connectivity index (χ3v) is 8.67. The van der Waals surface area contributed by atoms with Crippen LogP contribution in [-0.2, 0) is 0 Å². The number of fused-ring (bicyclic) bond motifs is 1. The number of benzene rings is 6. The Balaban J connectivity index is 1.37. The van der Waals surface area contributed by atoms with Crippen LogP contribution in [-0.4, -0.2) is 15.0 Å². The van der Waals surface area contributed by atoms with Gasteiger partial charge in [-0.3, -0.25) is 4.98 Å². The number of aromatic nitrogens is 3. The molecule has 222 valence electrons. The number of pyridine rings is 1. The van der Waals surface area contributed by atoms with Crippen LogP contribution in [0.15, 0.2) is 170 Å². The molecule has 0 unspecified atom stereocenters. The molecule has 8 aromatic rings. The Labute approximate surface area is 274 Å². The molecule has 0 N–H and O–H groups in total. The molecule has 0 amide bonds. The summed E-state index contributed by atoms with van der Waals surface area (Å²) in [5.41, 5.74) is 12.6. The molecular formula is C44H31N3. The highest BCUT2D eigenvalue weighted by Crippen LogP contribution is 2.37. The van der Waals surface area contributed by atoms with Gasteiger partial charge in [0.25, 0.3) is 0 Å². The van der Waals surface area contributed by atoms with Crippen molar-refractivity contribution >= 4 is 10.8 Å². The van der Waals surface area contributed by atoms with Crippen molar-refractivity contribution in [1.82, 2.24) is 15.0 Å². The van der Waals surface area contributed by atoms with E-state index in [2.05, 4.69) is 158 Å². The Kier molecular flexibility index (Phi) is 7.41. The SMILES string of the molecule is Cc1ncccc1-c1cccc(-c2cc(-c3nc(-c4ccccc4)cc(-c4ccccc4)n3)cc(-c3cccc4ccccc34)c2)c1. The zero-order chi connectivity index (χ0) is 31.6. The maximum Gasteiger partial charge on any atom is 0.160 e. The van der Waals surface area contributed by atoms with Crippen molar-refractivity contribution < 1.29 is 0 Å². The lowest BCUT2D eigenvalue weighted by Gasteiger charge is -2.15. The molecule has 0 radical (unpaired) electrons. The fourth-order valence-corrected chi connectivity index (χ4v) is 6.30. The van der Waals surface area contributed by atoms with E-state index in [1.54, 1.807) is 0 Å². The highest BCUT2D eigenvalue weighted by Gasteiger charge is 2.15. The van der Waals surface area contributed by atoms with Gasteiger partial charge >= 0.3 is 0 Å². The summed E-state index contributed by atoms with van der Waals surface area (Å²) in [6, 6.07) is 57.4. The molecule has 0 spiro atoms. The average molecular weight is 602 g/mol. The van der Waals surface area contributed by atoms with E-state index in [0.29, 0.717) is 5.82 Å². The van der Waals surface area contributed by atoms with E-state index < -0.39 is 0 Å². The van der Waals surface area contributed by atoms with Gasteiger partial charge in [0.15, 0.2) is 5.82 Å². The van der Waals surface area contributed by atoms with Crippen molar-refractivity contribution in [3.05, 3.63) is 176 Å². The van der Waals surface area contributed by atoms with Crippen LogP contribution in [0.25, 0.3) is 78.1 Å². The van der Waals surface area contributed by atoms with Gasteiger partial charge in [0.2, 0.25) is 0 Å². The molecule has 47 heavy (non-hydrogen) atoms. The van der Waals surface area contributed by atoms with Crippen LogP contribution in [0.2, 0.25) is 0 Å². The molecule has 0 fully saturated rings. The topological polar surface area (TPSA) is 38.7 Å². The van der Waals surface area contributed by atoms with Crippen LogP contribution in [0.4, 0.5) is 0 Å². The first-order chi connectivity index (χ1) is 23.2. The minimum absolute atomic E-state index is 0.688. The van der Waals surface area contributed by atoms with Crippen molar-refractivity contribution in [2.24, 2.45) is 0 Å². The minimum atomic E-state index is 0.688. The van der Waals surface area contributed by atoms with Gasteiger partial charge in [-0.05, 0) is 81.9 Å². The molecule has 6 aromatic carbocycles. The first-order valence-corrected chi connectivity index (χ1v) is 15.9. The first kappa shape index (κ1) is 28.3. The molecule has 0 atom stereocenters. The monoisotopic (exact) mass is 601 g/mol. The lowest BCUT2D eigenvalue weighted by atomic mass is 9.92. The third kappa shape index (κ3) is 5.71. The van der Waals surface area contributed by atoms with Crippen LogP contribution in [0, 0.1) is 6.92 Å². The van der Waals surface area contributed by atoms with E-state index >= 15 is 0 Å². The molecule has 2 aromatic heterocycles. The maximum atomic E-state index is 5.19. The largest absolute Gasteiger partial charge is 0.261 e. The molecule has 8 rings (SSSR count).